The molecule has 0 saturated heterocycles. The number of hydrogen-bond acceptors (Lipinski definition) is 5. The summed E-state index contributed by atoms with van der Waals surface area (Å²) in [5.74, 6) is 0.0347. The van der Waals surface area contributed by atoms with E-state index < -0.39 is 0 Å². The van der Waals surface area contributed by atoms with Crippen molar-refractivity contribution in [2.24, 2.45) is 0 Å². The molecule has 1 atom stereocenters. The van der Waals surface area contributed by atoms with Gasteiger partial charge in [-0.3, -0.25) is 14.2 Å². The summed E-state index contributed by atoms with van der Waals surface area (Å²) in [6, 6.07) is 0.307. The van der Waals surface area contributed by atoms with E-state index in [0.717, 1.165) is 33.5 Å². The number of carbonyl (C=O) groups is 1. The summed E-state index contributed by atoms with van der Waals surface area (Å²) in [4.78, 5) is 31.9. The minimum Gasteiger partial charge on any atom is -0.352 e. The van der Waals surface area contributed by atoms with E-state index in [4.69, 9.17) is 4.98 Å². The van der Waals surface area contributed by atoms with Gasteiger partial charge in [-0.05, 0) is 46.1 Å². The molecule has 2 aromatic heterocycles. The van der Waals surface area contributed by atoms with Crippen LogP contribution in [-0.4, -0.2) is 26.8 Å². The monoisotopic (exact) mass is 379 g/mol. The normalized spacial score (nSPS) is 16.5. The molecule has 0 aromatic carbocycles. The molecule has 136 valence electrons. The highest BCUT2D eigenvalue weighted by molar-refractivity contribution is 8.00. The number of rotatable bonds is 5. The lowest BCUT2D eigenvalue weighted by Crippen LogP contribution is -2.38. The molecule has 1 aliphatic carbocycles. The summed E-state index contributed by atoms with van der Waals surface area (Å²) in [6.07, 6.45) is 4.52. The van der Waals surface area contributed by atoms with Gasteiger partial charge in [0.15, 0.2) is 5.16 Å². The zero-order valence-corrected chi connectivity index (χ0v) is 16.9. The summed E-state index contributed by atoms with van der Waals surface area (Å²) >= 11 is 2.93. The second kappa shape index (κ2) is 7.50. The van der Waals surface area contributed by atoms with Crippen LogP contribution in [0, 0.1) is 13.8 Å². The van der Waals surface area contributed by atoms with E-state index >= 15 is 0 Å². The Labute approximate surface area is 156 Å². The Morgan fingerprint density at radius 1 is 1.40 bits per heavy atom. The molecule has 2 aromatic rings. The van der Waals surface area contributed by atoms with Crippen LogP contribution in [-0.2, 0) is 11.3 Å². The number of fused-ring (bicyclic) bond motifs is 1. The molecule has 2 heterocycles. The first-order valence-electron chi connectivity index (χ1n) is 8.90. The lowest BCUT2D eigenvalue weighted by molar-refractivity contribution is -0.120. The van der Waals surface area contributed by atoms with Crippen LogP contribution in [0.3, 0.4) is 0 Å². The Morgan fingerprint density at radius 3 is 2.72 bits per heavy atom. The summed E-state index contributed by atoms with van der Waals surface area (Å²) < 4.78 is 1.69. The SMILES string of the molecule is CCn1c(S[C@@H](C)C(=O)NC2CCCC2)nc2sc(C)c(C)c2c1=O. The average molecular weight is 380 g/mol. The van der Waals surface area contributed by atoms with Gasteiger partial charge >= 0.3 is 0 Å². The molecule has 0 aliphatic heterocycles. The maximum atomic E-state index is 12.9. The Morgan fingerprint density at radius 2 is 2.08 bits per heavy atom. The van der Waals surface area contributed by atoms with Gasteiger partial charge in [0, 0.05) is 17.5 Å². The Balaban J connectivity index is 1.87. The van der Waals surface area contributed by atoms with Crippen molar-refractivity contribution in [3.8, 4) is 0 Å². The molecule has 0 radical (unpaired) electrons. The second-order valence-electron chi connectivity index (χ2n) is 6.66. The molecule has 3 rings (SSSR count). The van der Waals surface area contributed by atoms with Gasteiger partial charge in [-0.25, -0.2) is 4.98 Å². The van der Waals surface area contributed by atoms with Crippen molar-refractivity contribution in [2.45, 2.75) is 76.4 Å². The Kier molecular flexibility index (Phi) is 5.53. The highest BCUT2D eigenvalue weighted by atomic mass is 32.2. The van der Waals surface area contributed by atoms with Gasteiger partial charge in [-0.1, -0.05) is 24.6 Å². The molecule has 1 N–H and O–H groups in total. The van der Waals surface area contributed by atoms with Crippen LogP contribution in [0.1, 0.15) is 50.0 Å². The predicted molar refractivity (Wildman–Crippen MR) is 105 cm³/mol. The number of thiophene rings is 1. The van der Waals surface area contributed by atoms with E-state index in [1.54, 1.807) is 15.9 Å². The zero-order chi connectivity index (χ0) is 18.1. The quantitative estimate of drug-likeness (QED) is 0.636. The highest BCUT2D eigenvalue weighted by Crippen LogP contribution is 2.30. The summed E-state index contributed by atoms with van der Waals surface area (Å²) in [5, 5.41) is 4.21. The average Bonchev–Trinajstić information content (AvgIpc) is 3.16. The molecule has 0 spiro atoms. The lowest BCUT2D eigenvalue weighted by atomic mass is 10.2. The van der Waals surface area contributed by atoms with Crippen LogP contribution in [0.4, 0.5) is 0 Å². The van der Waals surface area contributed by atoms with Gasteiger partial charge in [0.1, 0.15) is 4.83 Å². The van der Waals surface area contributed by atoms with E-state index in [9.17, 15) is 9.59 Å². The summed E-state index contributed by atoms with van der Waals surface area (Å²) in [6.45, 7) is 8.37. The lowest BCUT2D eigenvalue weighted by Gasteiger charge is -2.17. The van der Waals surface area contributed by atoms with Crippen molar-refractivity contribution in [2.75, 3.05) is 0 Å². The first-order chi connectivity index (χ1) is 11.9. The predicted octanol–water partition coefficient (Wildman–Crippen LogP) is 3.63. The fourth-order valence-electron chi connectivity index (χ4n) is 3.28. The van der Waals surface area contributed by atoms with Crippen molar-refractivity contribution in [3.05, 3.63) is 20.8 Å². The van der Waals surface area contributed by atoms with E-state index in [1.165, 1.54) is 24.6 Å². The molecule has 0 bridgehead atoms. The van der Waals surface area contributed by atoms with Gasteiger partial charge in [0.05, 0.1) is 10.6 Å². The van der Waals surface area contributed by atoms with Gasteiger partial charge in [0.25, 0.3) is 5.56 Å². The van der Waals surface area contributed by atoms with Gasteiger partial charge in [0.2, 0.25) is 5.91 Å². The van der Waals surface area contributed by atoms with E-state index in [2.05, 4.69) is 5.32 Å². The van der Waals surface area contributed by atoms with Crippen molar-refractivity contribution in [1.29, 1.82) is 0 Å². The van der Waals surface area contributed by atoms with Crippen LogP contribution in [0.2, 0.25) is 0 Å². The second-order valence-corrected chi connectivity index (χ2v) is 9.17. The Hall–Kier alpha value is -1.34. The number of amides is 1. The minimum atomic E-state index is -0.273. The minimum absolute atomic E-state index is 0.000232. The number of hydrogen-bond donors (Lipinski definition) is 1. The van der Waals surface area contributed by atoms with Crippen molar-refractivity contribution in [1.82, 2.24) is 14.9 Å². The smallest absolute Gasteiger partial charge is 0.263 e. The molecule has 1 aliphatic rings. The molecule has 1 fully saturated rings. The molecular formula is C18H25N3O2S2. The van der Waals surface area contributed by atoms with E-state index in [1.807, 2.05) is 27.7 Å². The Bertz CT molecular complexity index is 850. The fourth-order valence-corrected chi connectivity index (χ4v) is 5.33. The van der Waals surface area contributed by atoms with Crippen LogP contribution in [0.5, 0.6) is 0 Å². The molecular weight excluding hydrogens is 354 g/mol. The maximum absolute atomic E-state index is 12.9. The summed E-state index contributed by atoms with van der Waals surface area (Å²) in [5.41, 5.74) is 1.02. The maximum Gasteiger partial charge on any atom is 0.263 e. The molecule has 25 heavy (non-hydrogen) atoms. The molecule has 1 saturated carbocycles. The van der Waals surface area contributed by atoms with Crippen LogP contribution >= 0.6 is 23.1 Å². The highest BCUT2D eigenvalue weighted by Gasteiger charge is 2.24. The van der Waals surface area contributed by atoms with E-state index in [0.29, 0.717) is 17.7 Å². The fraction of sp³-hybridized carbons (Fsp3) is 0.611. The first-order valence-corrected chi connectivity index (χ1v) is 10.6. The standard InChI is InChI=1S/C18H25N3O2S2/c1-5-21-17(23)14-10(2)11(3)24-16(14)20-18(21)25-12(4)15(22)19-13-8-6-7-9-13/h12-13H,5-9H2,1-4H3,(H,19,22)/t12-/m0/s1. The van der Waals surface area contributed by atoms with E-state index in [-0.39, 0.29) is 16.7 Å². The van der Waals surface area contributed by atoms with Crippen LogP contribution in [0.15, 0.2) is 9.95 Å². The van der Waals surface area contributed by atoms with Gasteiger partial charge < -0.3 is 5.32 Å². The van der Waals surface area contributed by atoms with Crippen molar-refractivity contribution >= 4 is 39.2 Å². The number of thioether (sulfide) groups is 1. The van der Waals surface area contributed by atoms with Crippen molar-refractivity contribution < 1.29 is 4.79 Å². The first kappa shape index (κ1) is 18.5. The van der Waals surface area contributed by atoms with Crippen molar-refractivity contribution in [3.63, 3.8) is 0 Å². The third-order valence-electron chi connectivity index (χ3n) is 4.92. The number of aryl methyl sites for hydroxylation is 2. The zero-order valence-electron chi connectivity index (χ0n) is 15.2. The largest absolute Gasteiger partial charge is 0.352 e. The molecule has 5 nitrogen and oxygen atoms in total. The third kappa shape index (κ3) is 3.62. The van der Waals surface area contributed by atoms with Crippen LogP contribution in [0.25, 0.3) is 10.2 Å². The van der Waals surface area contributed by atoms with Gasteiger partial charge in [-0.2, -0.15) is 0 Å². The van der Waals surface area contributed by atoms with Gasteiger partial charge in [-0.15, -0.1) is 11.3 Å². The molecule has 1 amide bonds. The summed E-state index contributed by atoms with van der Waals surface area (Å²) in [7, 11) is 0. The number of nitrogens with one attached hydrogen (secondary N) is 1. The third-order valence-corrected chi connectivity index (χ3v) is 7.11. The molecule has 0 unspecified atom stereocenters. The number of nitrogens with zero attached hydrogens (tertiary/aromatic N) is 2. The van der Waals surface area contributed by atoms with Crippen LogP contribution < -0.4 is 10.9 Å². The molecule has 7 heteroatoms. The number of aromatic nitrogens is 2. The number of carbonyl (C=O) groups excluding carboxylic acids is 1. The topological polar surface area (TPSA) is 64.0 Å².